The van der Waals surface area contributed by atoms with E-state index in [-0.39, 0.29) is 19.8 Å². The van der Waals surface area contributed by atoms with E-state index < -0.39 is 15.8 Å². The van der Waals surface area contributed by atoms with Gasteiger partial charge in [-0.15, -0.1) is 0 Å². The van der Waals surface area contributed by atoms with Crippen molar-refractivity contribution in [2.24, 2.45) is 0 Å². The van der Waals surface area contributed by atoms with E-state index in [2.05, 4.69) is 249 Å². The van der Waals surface area contributed by atoms with E-state index in [1.54, 1.807) is 0 Å². The molecule has 0 bridgehead atoms. The van der Waals surface area contributed by atoms with Crippen LogP contribution in [0.1, 0.15) is 30.9 Å². The zero-order valence-corrected chi connectivity index (χ0v) is 39.7. The van der Waals surface area contributed by atoms with E-state index in [1.807, 2.05) is 17.3 Å². The number of benzene rings is 9. The average Bonchev–Trinajstić information content (AvgIpc) is 3.29. The number of hydrogen-bond donors (Lipinski definition) is 0. The van der Waals surface area contributed by atoms with E-state index in [0.29, 0.717) is 5.92 Å². The van der Waals surface area contributed by atoms with Crippen molar-refractivity contribution in [1.82, 2.24) is 0 Å². The van der Waals surface area contributed by atoms with Crippen molar-refractivity contribution >= 4 is 78.9 Å². The molecule has 0 nitrogen and oxygen atoms in total. The van der Waals surface area contributed by atoms with Crippen LogP contribution in [0.25, 0.3) is 32.7 Å². The Labute approximate surface area is 380 Å². The van der Waals surface area contributed by atoms with Gasteiger partial charge in [-0.05, 0) is 101 Å². The summed E-state index contributed by atoms with van der Waals surface area (Å²) < 4.78 is 0. The van der Waals surface area contributed by atoms with Crippen molar-refractivity contribution in [2.45, 2.75) is 26.7 Å². The minimum Gasteiger partial charge on any atom is -0.0620 e. The summed E-state index contributed by atoms with van der Waals surface area (Å²) in [7, 11) is 1.83. The van der Waals surface area contributed by atoms with Gasteiger partial charge in [-0.25, -0.2) is 0 Å². The Morgan fingerprint density at radius 2 is 0.683 bits per heavy atom. The fourth-order valence-corrected chi connectivity index (χ4v) is 13.4. The molecule has 0 aliphatic carbocycles. The first kappa shape index (κ1) is 46.6. The molecule has 0 aliphatic rings. The fraction of sp³-hybridized carbons (Fsp3) is 0.0727. The predicted octanol–water partition coefficient (Wildman–Crippen LogP) is 9.90. The summed E-state index contributed by atoms with van der Waals surface area (Å²) >= 11 is 1.82. The summed E-state index contributed by atoms with van der Waals surface area (Å²) in [6.45, 7) is 6.54. The van der Waals surface area contributed by atoms with Gasteiger partial charge in [0.15, 0.2) is 0 Å². The second-order valence-corrected chi connectivity index (χ2v) is 19.6. The first-order valence-corrected chi connectivity index (χ1v) is 25.0. The molecule has 302 valence electrons. The Balaban J connectivity index is 0.000000427. The van der Waals surface area contributed by atoms with Gasteiger partial charge in [0.1, 0.15) is 31.8 Å². The van der Waals surface area contributed by atoms with Crippen LogP contribution >= 0.6 is 25.5 Å². The number of hydrogen-bond acceptors (Lipinski definition) is 0. The fourth-order valence-electron chi connectivity index (χ4n) is 7.82. The third kappa shape index (κ3) is 10.7. The summed E-state index contributed by atoms with van der Waals surface area (Å²) in [6, 6.07) is 80.9. The van der Waals surface area contributed by atoms with Crippen LogP contribution in [-0.2, 0) is 17.3 Å². The zero-order chi connectivity index (χ0) is 40.3. The minimum absolute atomic E-state index is 0. The Morgan fingerprint density at radius 3 is 1.00 bits per heavy atom. The third-order valence-corrected chi connectivity index (χ3v) is 16.2. The number of aryl methyl sites for hydroxylation is 1. The van der Waals surface area contributed by atoms with Gasteiger partial charge in [0.2, 0.25) is 0 Å². The Kier molecular flexibility index (Phi) is 17.8. The van der Waals surface area contributed by atoms with Crippen molar-refractivity contribution in [1.29, 1.82) is 0 Å². The summed E-state index contributed by atoms with van der Waals surface area (Å²) in [6.07, 6.45) is 0. The molecule has 0 fully saturated rings. The quantitative estimate of drug-likeness (QED) is 0.0810. The molecule has 9 aromatic carbocycles. The van der Waals surface area contributed by atoms with Crippen LogP contribution in [0.4, 0.5) is 0 Å². The molecular formula is C55H51Cl2P2Ru+. The minimum atomic E-state index is -1.37. The zero-order valence-electron chi connectivity index (χ0n) is 34.5. The topological polar surface area (TPSA) is 0 Å². The van der Waals surface area contributed by atoms with Gasteiger partial charge in [-0.2, -0.15) is 0 Å². The van der Waals surface area contributed by atoms with Crippen molar-refractivity contribution in [3.63, 3.8) is 0 Å². The average molecular weight is 946 g/mol. The van der Waals surface area contributed by atoms with E-state index in [0.717, 1.165) is 0 Å². The normalized spacial score (nSPS) is 10.6. The first-order valence-electron chi connectivity index (χ1n) is 19.8. The molecular weight excluding hydrogens is 895 g/mol. The molecule has 0 aromatic heterocycles. The molecule has 5 heteroatoms. The van der Waals surface area contributed by atoms with Crippen LogP contribution in [0.2, 0.25) is 0 Å². The second kappa shape index (κ2) is 23.0. The van der Waals surface area contributed by atoms with Gasteiger partial charge in [-0.3, -0.25) is 0 Å². The molecule has 0 aliphatic heterocycles. The van der Waals surface area contributed by atoms with E-state index in [9.17, 15) is 0 Å². The number of halogens is 2. The molecule has 0 unspecified atom stereocenters. The summed E-state index contributed by atoms with van der Waals surface area (Å²) in [4.78, 5) is 0. The molecule has 0 saturated carbocycles. The van der Waals surface area contributed by atoms with Gasteiger partial charge < -0.3 is 19.8 Å². The van der Waals surface area contributed by atoms with Crippen LogP contribution in [0.15, 0.2) is 218 Å². The van der Waals surface area contributed by atoms with Gasteiger partial charge in [0.05, 0.1) is 15.8 Å². The molecule has 0 amide bonds. The molecule has 9 aromatic rings. The van der Waals surface area contributed by atoms with Gasteiger partial charge in [-0.1, -0.05) is 177 Å². The van der Waals surface area contributed by atoms with Crippen LogP contribution in [0.3, 0.4) is 0 Å². The SMILES string of the molecule is Cc1ccc(C(C)C)cc1.[CH3-].[Cl-].[Cl][Ru+].c1ccc([PH+](c2ccccc2)c2ccc3ccccc3c2-c2c([PH+](c3ccccc3)c3ccccc3)ccc3ccccc23)cc1. The van der Waals surface area contributed by atoms with Crippen LogP contribution < -0.4 is 44.2 Å². The van der Waals surface area contributed by atoms with Crippen LogP contribution in [0.5, 0.6) is 0 Å². The van der Waals surface area contributed by atoms with Crippen molar-refractivity contribution in [3.8, 4) is 11.1 Å². The van der Waals surface area contributed by atoms with Crippen LogP contribution in [-0.4, -0.2) is 0 Å². The first-order chi connectivity index (χ1) is 28.6. The molecule has 0 radical (unpaired) electrons. The van der Waals surface area contributed by atoms with Crippen molar-refractivity contribution in [3.05, 3.63) is 237 Å². The summed E-state index contributed by atoms with van der Waals surface area (Å²) in [5.74, 6) is 0.653. The molecule has 9 rings (SSSR count). The third-order valence-electron chi connectivity index (χ3n) is 10.6. The number of fused-ring (bicyclic) bond motifs is 2. The van der Waals surface area contributed by atoms with Gasteiger partial charge >= 0.3 is 27.0 Å². The maximum Gasteiger partial charge on any atom is 0.111 e. The van der Waals surface area contributed by atoms with E-state index >= 15 is 0 Å². The molecule has 0 N–H and O–H groups in total. The van der Waals surface area contributed by atoms with Crippen molar-refractivity contribution in [2.75, 3.05) is 0 Å². The Bertz CT molecular complexity index is 2430. The van der Waals surface area contributed by atoms with Gasteiger partial charge in [0.25, 0.3) is 0 Å². The van der Waals surface area contributed by atoms with E-state index in [1.165, 1.54) is 75.6 Å². The molecule has 0 atom stereocenters. The monoisotopic (exact) mass is 945 g/mol. The summed E-state index contributed by atoms with van der Waals surface area (Å²) in [5.41, 5.74) is 5.51. The van der Waals surface area contributed by atoms with Crippen LogP contribution in [0, 0.1) is 14.4 Å². The van der Waals surface area contributed by atoms with Gasteiger partial charge in [0, 0.05) is 11.1 Å². The molecule has 60 heavy (non-hydrogen) atoms. The van der Waals surface area contributed by atoms with E-state index in [4.69, 9.17) is 0 Å². The molecule has 0 spiro atoms. The Hall–Kier alpha value is -4.44. The summed E-state index contributed by atoms with van der Waals surface area (Å²) in [5, 5.41) is 13.6. The standard InChI is InChI=1S/C44H32P2.C10H14.CH3.2ClH.Ru/c1-5-19-35(20-6-1)45(36-21-7-2-8-22-36)41-31-29-33-17-13-15-27-39(33)43(41)44-40-28-16-14-18-34(40)30-32-42(44)46(37-23-9-3-10-24-37)38-25-11-4-12-26-38;1-8(2)10-6-4-9(3)5-7-10;;;;/h1-32H;4-8H,1-3H3;1H3;2*1H;/q;;-1;;;+2. The molecule has 0 saturated heterocycles. The number of rotatable bonds is 8. The van der Waals surface area contributed by atoms with Crippen molar-refractivity contribution < 1.29 is 29.7 Å². The maximum atomic E-state index is 4.57. The maximum absolute atomic E-state index is 4.57. The largest absolute Gasteiger partial charge is 0.111 e. The molecule has 0 heterocycles. The second-order valence-electron chi connectivity index (χ2n) is 14.7. The smallest absolute Gasteiger partial charge is 0.0620 e. The Morgan fingerprint density at radius 1 is 0.383 bits per heavy atom. The predicted molar refractivity (Wildman–Crippen MR) is 265 cm³/mol.